The highest BCUT2D eigenvalue weighted by molar-refractivity contribution is 7.91. The standard InChI is InChI=1S/C24H17ClNP/c25-27-22-12-6-5-11-19(22)23-18-10-4-3-9-17(18)20-13-15-7-1-2-8-16(15)14-21(20)24(23)26-27/h1-12,26H,13-14H2. The molecule has 0 aromatic heterocycles. The van der Waals surface area contributed by atoms with Gasteiger partial charge in [-0.15, -0.1) is 0 Å². The maximum Gasteiger partial charge on any atom is 0.119 e. The lowest BCUT2D eigenvalue weighted by molar-refractivity contribution is 1.02. The second-order valence-electron chi connectivity index (χ2n) is 7.28. The summed E-state index contributed by atoms with van der Waals surface area (Å²) in [5.74, 6) is 0. The van der Waals surface area contributed by atoms with E-state index in [1.54, 1.807) is 0 Å². The van der Waals surface area contributed by atoms with Crippen molar-refractivity contribution >= 4 is 40.4 Å². The lowest BCUT2D eigenvalue weighted by Gasteiger charge is -2.32. The predicted molar refractivity (Wildman–Crippen MR) is 117 cm³/mol. The number of benzene rings is 4. The maximum atomic E-state index is 6.82. The summed E-state index contributed by atoms with van der Waals surface area (Å²) < 4.78 is 0. The van der Waals surface area contributed by atoms with Gasteiger partial charge >= 0.3 is 0 Å². The molecule has 0 saturated carbocycles. The van der Waals surface area contributed by atoms with Gasteiger partial charge in [-0.3, -0.25) is 0 Å². The van der Waals surface area contributed by atoms with Gasteiger partial charge in [0.05, 0.1) is 5.69 Å². The molecule has 0 radical (unpaired) electrons. The Morgan fingerprint density at radius 2 is 1.33 bits per heavy atom. The Hall–Kier alpha value is -2.34. The van der Waals surface area contributed by atoms with Crippen LogP contribution in [0, 0.1) is 0 Å². The van der Waals surface area contributed by atoms with Gasteiger partial charge in [-0.2, -0.15) is 0 Å². The van der Waals surface area contributed by atoms with Gasteiger partial charge in [-0.25, -0.2) is 0 Å². The Labute approximate surface area is 164 Å². The summed E-state index contributed by atoms with van der Waals surface area (Å²) >= 11 is 6.82. The fourth-order valence-corrected chi connectivity index (χ4v) is 6.54. The third-order valence-corrected chi connectivity index (χ3v) is 7.92. The molecule has 1 nitrogen and oxygen atoms in total. The zero-order chi connectivity index (χ0) is 18.0. The van der Waals surface area contributed by atoms with Gasteiger partial charge in [0.2, 0.25) is 0 Å². The van der Waals surface area contributed by atoms with Crippen LogP contribution in [0.2, 0.25) is 0 Å². The van der Waals surface area contributed by atoms with Crippen molar-refractivity contribution < 1.29 is 0 Å². The normalized spacial score (nSPS) is 16.7. The van der Waals surface area contributed by atoms with Crippen LogP contribution in [0.5, 0.6) is 0 Å². The van der Waals surface area contributed by atoms with Crippen molar-refractivity contribution in [3.8, 4) is 11.1 Å². The highest BCUT2D eigenvalue weighted by Crippen LogP contribution is 2.55. The Bertz CT molecular complexity index is 1230. The molecule has 27 heavy (non-hydrogen) atoms. The molecule has 6 rings (SSSR count). The van der Waals surface area contributed by atoms with E-state index in [9.17, 15) is 0 Å². The van der Waals surface area contributed by atoms with Crippen molar-refractivity contribution in [2.45, 2.75) is 12.8 Å². The molecule has 1 aliphatic carbocycles. The highest BCUT2D eigenvalue weighted by atomic mass is 35.7. The number of anilines is 1. The van der Waals surface area contributed by atoms with Crippen LogP contribution in [0.1, 0.15) is 22.3 Å². The molecule has 1 heterocycles. The fourth-order valence-electron chi connectivity index (χ4n) is 4.66. The Kier molecular flexibility index (Phi) is 3.39. The van der Waals surface area contributed by atoms with Gasteiger partial charge in [0.25, 0.3) is 0 Å². The molecule has 0 amide bonds. The van der Waals surface area contributed by atoms with E-state index in [0.29, 0.717) is 0 Å². The summed E-state index contributed by atoms with van der Waals surface area (Å²) in [5, 5.41) is 7.62. The van der Waals surface area contributed by atoms with Gasteiger partial charge in [0, 0.05) is 17.3 Å². The van der Waals surface area contributed by atoms with E-state index in [1.807, 2.05) is 0 Å². The molecule has 1 unspecified atom stereocenters. The second kappa shape index (κ2) is 5.83. The minimum atomic E-state index is -0.910. The topological polar surface area (TPSA) is 12.0 Å². The number of hydrogen-bond acceptors (Lipinski definition) is 1. The summed E-state index contributed by atoms with van der Waals surface area (Å²) in [4.78, 5) is 0. The molecular formula is C24H17ClNP. The first-order valence-corrected chi connectivity index (χ1v) is 11.5. The van der Waals surface area contributed by atoms with E-state index in [1.165, 1.54) is 55.1 Å². The van der Waals surface area contributed by atoms with Gasteiger partial charge in [0.15, 0.2) is 0 Å². The Morgan fingerprint density at radius 3 is 2.15 bits per heavy atom. The van der Waals surface area contributed by atoms with Gasteiger partial charge in [0.1, 0.15) is 7.43 Å². The van der Waals surface area contributed by atoms with Gasteiger partial charge in [-0.1, -0.05) is 84.0 Å². The molecule has 3 heteroatoms. The van der Waals surface area contributed by atoms with Crippen LogP contribution in [0.3, 0.4) is 0 Å². The zero-order valence-electron chi connectivity index (χ0n) is 14.7. The molecule has 0 bridgehead atoms. The monoisotopic (exact) mass is 385 g/mol. The molecule has 0 fully saturated rings. The molecule has 4 aromatic carbocycles. The Morgan fingerprint density at radius 1 is 0.704 bits per heavy atom. The quantitative estimate of drug-likeness (QED) is 0.296. The molecule has 1 N–H and O–H groups in total. The number of fused-ring (bicyclic) bond motifs is 9. The number of halogens is 1. The first kappa shape index (κ1) is 15.7. The zero-order valence-corrected chi connectivity index (χ0v) is 16.3. The Balaban J connectivity index is 1.74. The predicted octanol–water partition coefficient (Wildman–Crippen LogP) is 6.60. The lowest BCUT2D eigenvalue weighted by atomic mass is 9.80. The van der Waals surface area contributed by atoms with Crippen LogP contribution in [-0.4, -0.2) is 0 Å². The molecule has 2 aliphatic rings. The van der Waals surface area contributed by atoms with Crippen LogP contribution in [0.25, 0.3) is 21.9 Å². The molecule has 4 aromatic rings. The van der Waals surface area contributed by atoms with E-state index >= 15 is 0 Å². The molecule has 1 aliphatic heterocycles. The van der Waals surface area contributed by atoms with Gasteiger partial charge < -0.3 is 5.09 Å². The third kappa shape index (κ3) is 2.22. The van der Waals surface area contributed by atoms with Crippen molar-refractivity contribution in [1.82, 2.24) is 0 Å². The van der Waals surface area contributed by atoms with Crippen LogP contribution >= 0.6 is 18.7 Å². The number of nitrogens with one attached hydrogen (secondary N) is 1. The minimum absolute atomic E-state index is 0.910. The van der Waals surface area contributed by atoms with Crippen LogP contribution < -0.4 is 10.4 Å². The summed E-state index contributed by atoms with van der Waals surface area (Å²) in [6, 6.07) is 26.3. The lowest BCUT2D eigenvalue weighted by Crippen LogP contribution is -2.18. The van der Waals surface area contributed by atoms with Gasteiger partial charge in [-0.05, 0) is 45.0 Å². The number of hydrogen-bond donors (Lipinski definition) is 1. The van der Waals surface area contributed by atoms with E-state index in [2.05, 4.69) is 77.9 Å². The van der Waals surface area contributed by atoms with Crippen LogP contribution in [0.15, 0.2) is 72.8 Å². The summed E-state index contributed by atoms with van der Waals surface area (Å²) in [5.41, 5.74) is 9.60. The van der Waals surface area contributed by atoms with Crippen molar-refractivity contribution in [2.75, 3.05) is 5.09 Å². The van der Waals surface area contributed by atoms with Crippen molar-refractivity contribution in [3.05, 3.63) is 95.1 Å². The van der Waals surface area contributed by atoms with Crippen LogP contribution in [-0.2, 0) is 12.8 Å². The maximum absolute atomic E-state index is 6.82. The van der Waals surface area contributed by atoms with Crippen molar-refractivity contribution in [2.24, 2.45) is 0 Å². The summed E-state index contributed by atoms with van der Waals surface area (Å²) in [6.07, 6.45) is 1.96. The van der Waals surface area contributed by atoms with E-state index in [-0.39, 0.29) is 0 Å². The largest absolute Gasteiger partial charge is 0.348 e. The van der Waals surface area contributed by atoms with Crippen LogP contribution in [0.4, 0.5) is 5.69 Å². The summed E-state index contributed by atoms with van der Waals surface area (Å²) in [7, 11) is -0.910. The first-order chi connectivity index (χ1) is 13.3. The van der Waals surface area contributed by atoms with Crippen molar-refractivity contribution in [3.63, 3.8) is 0 Å². The minimum Gasteiger partial charge on any atom is -0.348 e. The third-order valence-electron chi connectivity index (χ3n) is 5.89. The smallest absolute Gasteiger partial charge is 0.119 e. The first-order valence-electron chi connectivity index (χ1n) is 9.26. The second-order valence-corrected chi connectivity index (χ2v) is 9.57. The van der Waals surface area contributed by atoms with E-state index < -0.39 is 7.43 Å². The average Bonchev–Trinajstić information content (AvgIpc) is 2.73. The molecule has 130 valence electrons. The van der Waals surface area contributed by atoms with Crippen molar-refractivity contribution in [1.29, 1.82) is 0 Å². The fraction of sp³-hybridized carbons (Fsp3) is 0.0833. The SMILES string of the molecule is ClP1Nc2c3c(c4ccccc4c2-c2ccccc21)Cc1ccccc1C3. The van der Waals surface area contributed by atoms with E-state index in [4.69, 9.17) is 11.2 Å². The average molecular weight is 386 g/mol. The highest BCUT2D eigenvalue weighted by Gasteiger charge is 2.30. The van der Waals surface area contributed by atoms with E-state index in [0.717, 1.165) is 12.8 Å². The molecule has 0 saturated heterocycles. The molecule has 0 spiro atoms. The molecular weight excluding hydrogens is 369 g/mol. The number of rotatable bonds is 0. The summed E-state index contributed by atoms with van der Waals surface area (Å²) in [6.45, 7) is 0. The molecule has 1 atom stereocenters.